The van der Waals surface area contributed by atoms with Gasteiger partial charge in [0.2, 0.25) is 5.82 Å². The Labute approximate surface area is 147 Å². The van der Waals surface area contributed by atoms with E-state index < -0.39 is 11.4 Å². The summed E-state index contributed by atoms with van der Waals surface area (Å²) in [5.74, 6) is -0.168. The molecule has 7 nitrogen and oxygen atoms in total. The maximum Gasteiger partial charge on any atom is 0.262 e. The molecule has 0 spiro atoms. The molecule has 8 heteroatoms. The predicted octanol–water partition coefficient (Wildman–Crippen LogP) is 3.06. The van der Waals surface area contributed by atoms with Crippen molar-refractivity contribution in [3.05, 3.63) is 68.9 Å². The van der Waals surface area contributed by atoms with Crippen molar-refractivity contribution in [3.8, 4) is 11.8 Å². The maximum atomic E-state index is 14.1. The fourth-order valence-corrected chi connectivity index (χ4v) is 2.65. The Balaban J connectivity index is 1.99. The third-order valence-corrected chi connectivity index (χ3v) is 4.01. The SMILES string of the molecule is COc1ccc(CCn2c(C#N)nc3cc(N=O)ccc3c2=O)c(F)c1. The number of benzene rings is 2. The second kappa shape index (κ2) is 7.11. The Bertz CT molecular complexity index is 1100. The van der Waals surface area contributed by atoms with Crippen LogP contribution in [0.4, 0.5) is 10.1 Å². The minimum atomic E-state index is -0.452. The van der Waals surface area contributed by atoms with E-state index in [1.807, 2.05) is 6.07 Å². The molecule has 2 aromatic carbocycles. The minimum Gasteiger partial charge on any atom is -0.497 e. The van der Waals surface area contributed by atoms with E-state index in [4.69, 9.17) is 4.74 Å². The van der Waals surface area contributed by atoms with Crippen LogP contribution in [0.25, 0.3) is 10.9 Å². The van der Waals surface area contributed by atoms with Gasteiger partial charge in [-0.3, -0.25) is 9.36 Å². The summed E-state index contributed by atoms with van der Waals surface area (Å²) in [6.07, 6.45) is 0.200. The number of nitriles is 1. The van der Waals surface area contributed by atoms with Gasteiger partial charge in [0.15, 0.2) is 0 Å². The van der Waals surface area contributed by atoms with Crippen molar-refractivity contribution >= 4 is 16.6 Å². The van der Waals surface area contributed by atoms with Crippen LogP contribution < -0.4 is 10.3 Å². The van der Waals surface area contributed by atoms with Crippen molar-refractivity contribution in [1.29, 1.82) is 5.26 Å². The van der Waals surface area contributed by atoms with Gasteiger partial charge in [0.25, 0.3) is 5.56 Å². The first-order valence-electron chi connectivity index (χ1n) is 7.68. The van der Waals surface area contributed by atoms with Crippen molar-refractivity contribution in [3.63, 3.8) is 0 Å². The molecule has 0 aliphatic carbocycles. The highest BCUT2D eigenvalue weighted by molar-refractivity contribution is 5.81. The number of nitroso groups, excluding NO2 is 1. The molecule has 0 saturated carbocycles. The van der Waals surface area contributed by atoms with Gasteiger partial charge in [0.1, 0.15) is 23.3 Å². The maximum absolute atomic E-state index is 14.1. The summed E-state index contributed by atoms with van der Waals surface area (Å²) in [6.45, 7) is 0.0849. The molecule has 0 N–H and O–H groups in total. The molecule has 0 saturated heterocycles. The van der Waals surface area contributed by atoms with Gasteiger partial charge in [-0.1, -0.05) is 6.07 Å². The lowest BCUT2D eigenvalue weighted by molar-refractivity contribution is 0.410. The number of nitrogens with zero attached hydrogens (tertiary/aromatic N) is 4. The van der Waals surface area contributed by atoms with E-state index in [9.17, 15) is 19.4 Å². The molecule has 130 valence electrons. The first-order chi connectivity index (χ1) is 12.6. The highest BCUT2D eigenvalue weighted by Gasteiger charge is 2.13. The first-order valence-corrected chi connectivity index (χ1v) is 7.68. The van der Waals surface area contributed by atoms with Crippen molar-refractivity contribution in [2.75, 3.05) is 7.11 Å². The molecular weight excluding hydrogens is 339 g/mol. The second-order valence-electron chi connectivity index (χ2n) is 5.50. The number of hydrogen-bond donors (Lipinski definition) is 0. The lowest BCUT2D eigenvalue weighted by Crippen LogP contribution is -2.25. The first kappa shape index (κ1) is 17.2. The normalized spacial score (nSPS) is 10.5. The van der Waals surface area contributed by atoms with Gasteiger partial charge in [0.05, 0.1) is 18.0 Å². The Morgan fingerprint density at radius 1 is 1.31 bits per heavy atom. The lowest BCUT2D eigenvalue weighted by atomic mass is 10.1. The summed E-state index contributed by atoms with van der Waals surface area (Å²) in [6, 6.07) is 10.5. The monoisotopic (exact) mass is 352 g/mol. The predicted molar refractivity (Wildman–Crippen MR) is 92.8 cm³/mol. The summed E-state index contributed by atoms with van der Waals surface area (Å²) in [7, 11) is 1.44. The van der Waals surface area contributed by atoms with Gasteiger partial charge in [-0.05, 0) is 41.4 Å². The smallest absolute Gasteiger partial charge is 0.262 e. The molecule has 0 bridgehead atoms. The van der Waals surface area contributed by atoms with E-state index in [0.717, 1.165) is 0 Å². The number of rotatable bonds is 5. The van der Waals surface area contributed by atoms with Crippen molar-refractivity contribution in [2.45, 2.75) is 13.0 Å². The zero-order chi connectivity index (χ0) is 18.7. The van der Waals surface area contributed by atoms with Crippen LogP contribution in [0.15, 0.2) is 46.4 Å². The molecule has 3 rings (SSSR count). The van der Waals surface area contributed by atoms with Crippen molar-refractivity contribution in [1.82, 2.24) is 9.55 Å². The number of halogens is 1. The average molecular weight is 352 g/mol. The molecule has 1 heterocycles. The van der Waals surface area contributed by atoms with Crippen LogP contribution in [0, 0.1) is 22.1 Å². The minimum absolute atomic E-state index is 0.0849. The number of fused-ring (bicyclic) bond motifs is 1. The Morgan fingerprint density at radius 2 is 2.12 bits per heavy atom. The van der Waals surface area contributed by atoms with E-state index in [0.29, 0.717) is 11.3 Å². The standard InChI is InChI=1S/C18H13FN4O3/c1-26-13-4-2-11(15(19)9-13)6-7-23-17(10-20)21-16-8-12(22-25)3-5-14(16)18(23)24/h2-5,8-9H,6-7H2,1H3. The van der Waals surface area contributed by atoms with Crippen LogP contribution in [-0.4, -0.2) is 16.7 Å². The number of aromatic nitrogens is 2. The third-order valence-electron chi connectivity index (χ3n) is 4.01. The number of aryl methyl sites for hydroxylation is 1. The number of ether oxygens (including phenoxy) is 1. The largest absolute Gasteiger partial charge is 0.497 e. The fraction of sp³-hybridized carbons (Fsp3) is 0.167. The molecule has 0 atom stereocenters. The van der Waals surface area contributed by atoms with Crippen molar-refractivity contribution < 1.29 is 9.13 Å². The van der Waals surface area contributed by atoms with E-state index in [-0.39, 0.29) is 35.4 Å². The lowest BCUT2D eigenvalue weighted by Gasteiger charge is -2.10. The highest BCUT2D eigenvalue weighted by atomic mass is 19.1. The summed E-state index contributed by atoms with van der Waals surface area (Å²) >= 11 is 0. The molecule has 0 fully saturated rings. The molecule has 0 aliphatic rings. The van der Waals surface area contributed by atoms with E-state index in [2.05, 4.69) is 10.2 Å². The third kappa shape index (κ3) is 3.15. The van der Waals surface area contributed by atoms with Gasteiger partial charge >= 0.3 is 0 Å². The molecule has 0 amide bonds. The molecule has 3 aromatic rings. The Morgan fingerprint density at radius 3 is 2.77 bits per heavy atom. The highest BCUT2D eigenvalue weighted by Crippen LogP contribution is 2.19. The van der Waals surface area contributed by atoms with Crippen LogP contribution in [0.5, 0.6) is 5.75 Å². The Hall–Kier alpha value is -3.60. The number of hydrogen-bond acceptors (Lipinski definition) is 6. The average Bonchev–Trinajstić information content (AvgIpc) is 2.67. The molecule has 1 aromatic heterocycles. The van der Waals surface area contributed by atoms with Crippen LogP contribution in [0.1, 0.15) is 11.4 Å². The van der Waals surface area contributed by atoms with Gasteiger partial charge < -0.3 is 4.74 Å². The molecule has 0 radical (unpaired) electrons. The summed E-state index contributed by atoms with van der Waals surface area (Å²) in [5, 5.41) is 12.4. The van der Waals surface area contributed by atoms with E-state index in [1.165, 1.54) is 35.9 Å². The van der Waals surface area contributed by atoms with Gasteiger partial charge in [-0.25, -0.2) is 9.37 Å². The quantitative estimate of drug-likeness (QED) is 0.657. The number of methoxy groups -OCH3 is 1. The van der Waals surface area contributed by atoms with Gasteiger partial charge in [-0.2, -0.15) is 5.26 Å². The molecule has 0 unspecified atom stereocenters. The zero-order valence-electron chi connectivity index (χ0n) is 13.8. The molecule has 26 heavy (non-hydrogen) atoms. The van der Waals surface area contributed by atoms with Crippen LogP contribution in [-0.2, 0) is 13.0 Å². The van der Waals surface area contributed by atoms with Crippen LogP contribution >= 0.6 is 0 Å². The van der Waals surface area contributed by atoms with Crippen molar-refractivity contribution in [2.24, 2.45) is 5.18 Å². The Kier molecular flexibility index (Phi) is 4.71. The summed E-state index contributed by atoms with van der Waals surface area (Å²) in [4.78, 5) is 27.4. The van der Waals surface area contributed by atoms with Gasteiger partial charge in [-0.15, -0.1) is 4.91 Å². The van der Waals surface area contributed by atoms with E-state index >= 15 is 0 Å². The van der Waals surface area contributed by atoms with Gasteiger partial charge in [0, 0.05) is 12.6 Å². The molecular formula is C18H13FN4O3. The topological polar surface area (TPSA) is 97.3 Å². The van der Waals surface area contributed by atoms with Crippen LogP contribution in [0.3, 0.4) is 0 Å². The second-order valence-corrected chi connectivity index (χ2v) is 5.50. The fourth-order valence-electron chi connectivity index (χ4n) is 2.65. The summed E-state index contributed by atoms with van der Waals surface area (Å²) < 4.78 is 20.2. The summed E-state index contributed by atoms with van der Waals surface area (Å²) in [5.41, 5.74) is 0.294. The zero-order valence-corrected chi connectivity index (χ0v) is 13.8. The van der Waals surface area contributed by atoms with E-state index in [1.54, 1.807) is 12.1 Å². The van der Waals surface area contributed by atoms with Crippen LogP contribution in [0.2, 0.25) is 0 Å². The molecule has 0 aliphatic heterocycles.